The number of aryl methyl sites for hydroxylation is 2. The van der Waals surface area contributed by atoms with Gasteiger partial charge in [-0.15, -0.1) is 0 Å². The molecule has 1 N–H and O–H groups in total. The van der Waals surface area contributed by atoms with E-state index in [0.717, 1.165) is 30.5 Å². The monoisotopic (exact) mass is 231 g/mol. The van der Waals surface area contributed by atoms with Gasteiger partial charge in [-0.05, 0) is 52.1 Å². The Labute approximate surface area is 103 Å². The highest BCUT2D eigenvalue weighted by Gasteiger charge is 2.35. The Hall–Kier alpha value is -1.15. The second-order valence-electron chi connectivity index (χ2n) is 5.36. The Balaban J connectivity index is 2.30. The molecule has 0 bridgehead atoms. The maximum absolute atomic E-state index is 12.6. The molecule has 1 saturated heterocycles. The number of Topliss-reactive ketones (excluding diaryl/α,β-unsaturated/α-hetero) is 1. The summed E-state index contributed by atoms with van der Waals surface area (Å²) in [7, 11) is 0. The topological polar surface area (TPSA) is 29.1 Å². The molecule has 1 unspecified atom stereocenters. The first-order valence-corrected chi connectivity index (χ1v) is 6.40. The Morgan fingerprint density at radius 3 is 2.65 bits per heavy atom. The summed E-state index contributed by atoms with van der Waals surface area (Å²) in [4.78, 5) is 12.6. The molecule has 0 saturated carbocycles. The highest BCUT2D eigenvalue weighted by Crippen LogP contribution is 2.25. The van der Waals surface area contributed by atoms with Crippen LogP contribution in [0, 0.1) is 13.8 Å². The number of nitrogens with one attached hydrogen (secondary N) is 1. The van der Waals surface area contributed by atoms with Crippen molar-refractivity contribution in [3.63, 3.8) is 0 Å². The van der Waals surface area contributed by atoms with Crippen LogP contribution in [0.5, 0.6) is 0 Å². The molecule has 1 aliphatic rings. The number of rotatable bonds is 2. The lowest BCUT2D eigenvalue weighted by Crippen LogP contribution is -2.52. The van der Waals surface area contributed by atoms with E-state index in [9.17, 15) is 4.79 Å². The van der Waals surface area contributed by atoms with E-state index in [1.165, 1.54) is 12.0 Å². The SMILES string of the molecule is Cc1ccc(C(=O)C2(C)CCCCN2)c(C)c1. The minimum Gasteiger partial charge on any atom is -0.305 e. The van der Waals surface area contributed by atoms with E-state index in [2.05, 4.69) is 18.3 Å². The van der Waals surface area contributed by atoms with Crippen LogP contribution in [0.15, 0.2) is 18.2 Å². The maximum atomic E-state index is 12.6. The largest absolute Gasteiger partial charge is 0.305 e. The molecule has 1 aromatic carbocycles. The summed E-state index contributed by atoms with van der Waals surface area (Å²) in [5.74, 6) is 0.245. The van der Waals surface area contributed by atoms with Crippen LogP contribution in [-0.2, 0) is 0 Å². The van der Waals surface area contributed by atoms with Crippen molar-refractivity contribution in [2.24, 2.45) is 0 Å². The zero-order valence-corrected chi connectivity index (χ0v) is 11.0. The van der Waals surface area contributed by atoms with Crippen LogP contribution in [0.25, 0.3) is 0 Å². The Morgan fingerprint density at radius 2 is 2.06 bits per heavy atom. The van der Waals surface area contributed by atoms with Crippen LogP contribution >= 0.6 is 0 Å². The zero-order chi connectivity index (χ0) is 12.5. The number of hydrogen-bond acceptors (Lipinski definition) is 2. The molecule has 1 heterocycles. The van der Waals surface area contributed by atoms with Gasteiger partial charge in [0.25, 0.3) is 0 Å². The Kier molecular flexibility index (Phi) is 3.34. The molecule has 0 amide bonds. The minimum absolute atomic E-state index is 0.245. The van der Waals surface area contributed by atoms with Crippen LogP contribution in [0.3, 0.4) is 0 Å². The highest BCUT2D eigenvalue weighted by molar-refractivity contribution is 6.04. The van der Waals surface area contributed by atoms with Gasteiger partial charge in [0.1, 0.15) is 0 Å². The second-order valence-corrected chi connectivity index (χ2v) is 5.36. The highest BCUT2D eigenvalue weighted by atomic mass is 16.1. The standard InChI is InChI=1S/C15H21NO/c1-11-6-7-13(12(2)10-11)14(17)15(3)8-4-5-9-16-15/h6-7,10,16H,4-5,8-9H2,1-3H3. The molecule has 0 aliphatic carbocycles. The first kappa shape index (κ1) is 12.3. The average molecular weight is 231 g/mol. The third kappa shape index (κ3) is 2.42. The van der Waals surface area contributed by atoms with E-state index in [1.807, 2.05) is 26.0 Å². The summed E-state index contributed by atoms with van der Waals surface area (Å²) < 4.78 is 0. The van der Waals surface area contributed by atoms with E-state index in [0.29, 0.717) is 0 Å². The maximum Gasteiger partial charge on any atom is 0.182 e. The molecule has 1 atom stereocenters. The van der Waals surface area contributed by atoms with Crippen LogP contribution in [-0.4, -0.2) is 17.9 Å². The lowest BCUT2D eigenvalue weighted by atomic mass is 9.82. The predicted octanol–water partition coefficient (Wildman–Crippen LogP) is 3.02. The van der Waals surface area contributed by atoms with E-state index in [4.69, 9.17) is 0 Å². The van der Waals surface area contributed by atoms with Crippen molar-refractivity contribution in [2.75, 3.05) is 6.54 Å². The summed E-state index contributed by atoms with van der Waals surface area (Å²) in [6.45, 7) is 7.06. The molecule has 1 aliphatic heterocycles. The van der Waals surface area contributed by atoms with Crippen LogP contribution in [0.4, 0.5) is 0 Å². The molecule has 2 heteroatoms. The summed E-state index contributed by atoms with van der Waals surface area (Å²) in [6.07, 6.45) is 3.26. The number of hydrogen-bond donors (Lipinski definition) is 1. The van der Waals surface area contributed by atoms with Crippen molar-refractivity contribution in [3.05, 3.63) is 34.9 Å². The van der Waals surface area contributed by atoms with Gasteiger partial charge in [-0.25, -0.2) is 0 Å². The van der Waals surface area contributed by atoms with Gasteiger partial charge in [-0.1, -0.05) is 23.8 Å². The van der Waals surface area contributed by atoms with Gasteiger partial charge >= 0.3 is 0 Å². The van der Waals surface area contributed by atoms with Gasteiger partial charge in [0.05, 0.1) is 5.54 Å². The van der Waals surface area contributed by atoms with Crippen molar-refractivity contribution in [1.29, 1.82) is 0 Å². The van der Waals surface area contributed by atoms with Gasteiger partial charge in [-0.3, -0.25) is 4.79 Å². The fraction of sp³-hybridized carbons (Fsp3) is 0.533. The van der Waals surface area contributed by atoms with Gasteiger partial charge in [-0.2, -0.15) is 0 Å². The first-order valence-electron chi connectivity index (χ1n) is 6.40. The third-order valence-electron chi connectivity index (χ3n) is 3.75. The quantitative estimate of drug-likeness (QED) is 0.793. The molecule has 2 rings (SSSR count). The Morgan fingerprint density at radius 1 is 1.29 bits per heavy atom. The molecular weight excluding hydrogens is 210 g/mol. The molecule has 0 radical (unpaired) electrons. The Bertz CT molecular complexity index is 431. The summed E-state index contributed by atoms with van der Waals surface area (Å²) >= 11 is 0. The lowest BCUT2D eigenvalue weighted by Gasteiger charge is -2.34. The van der Waals surface area contributed by atoms with Crippen molar-refractivity contribution >= 4 is 5.78 Å². The van der Waals surface area contributed by atoms with E-state index < -0.39 is 0 Å². The molecule has 1 aromatic rings. The second kappa shape index (κ2) is 4.61. The number of carbonyl (C=O) groups is 1. The number of carbonyl (C=O) groups excluding carboxylic acids is 1. The minimum atomic E-state index is -0.363. The molecular formula is C15H21NO. The molecule has 0 spiro atoms. The van der Waals surface area contributed by atoms with Crippen molar-refractivity contribution in [2.45, 2.75) is 45.6 Å². The fourth-order valence-electron chi connectivity index (χ4n) is 2.62. The van der Waals surface area contributed by atoms with Gasteiger partial charge < -0.3 is 5.32 Å². The third-order valence-corrected chi connectivity index (χ3v) is 3.75. The molecule has 92 valence electrons. The van der Waals surface area contributed by atoms with E-state index in [-0.39, 0.29) is 11.3 Å². The smallest absolute Gasteiger partial charge is 0.182 e. The van der Waals surface area contributed by atoms with Crippen LogP contribution in [0.2, 0.25) is 0 Å². The molecule has 0 aromatic heterocycles. The van der Waals surface area contributed by atoms with Crippen molar-refractivity contribution < 1.29 is 4.79 Å². The summed E-state index contributed by atoms with van der Waals surface area (Å²) in [5.41, 5.74) is 2.80. The molecule has 2 nitrogen and oxygen atoms in total. The van der Waals surface area contributed by atoms with Crippen molar-refractivity contribution in [3.8, 4) is 0 Å². The van der Waals surface area contributed by atoms with Crippen LogP contribution in [0.1, 0.15) is 47.7 Å². The molecule has 1 fully saturated rings. The van der Waals surface area contributed by atoms with E-state index in [1.54, 1.807) is 0 Å². The number of piperidine rings is 1. The number of ketones is 1. The number of benzene rings is 1. The predicted molar refractivity (Wildman–Crippen MR) is 70.5 cm³/mol. The zero-order valence-electron chi connectivity index (χ0n) is 11.0. The van der Waals surface area contributed by atoms with Gasteiger partial charge in [0.2, 0.25) is 0 Å². The average Bonchev–Trinajstić information content (AvgIpc) is 2.29. The normalized spacial score (nSPS) is 24.6. The van der Waals surface area contributed by atoms with Gasteiger partial charge in [0.15, 0.2) is 5.78 Å². The van der Waals surface area contributed by atoms with Crippen molar-refractivity contribution in [1.82, 2.24) is 5.32 Å². The summed E-state index contributed by atoms with van der Waals surface area (Å²) in [5, 5.41) is 3.39. The summed E-state index contributed by atoms with van der Waals surface area (Å²) in [6, 6.07) is 6.07. The lowest BCUT2D eigenvalue weighted by molar-refractivity contribution is 0.0834. The fourth-order valence-corrected chi connectivity index (χ4v) is 2.62. The molecule has 17 heavy (non-hydrogen) atoms. The first-order chi connectivity index (χ1) is 8.03. The van der Waals surface area contributed by atoms with Gasteiger partial charge in [0, 0.05) is 5.56 Å². The van der Waals surface area contributed by atoms with Crippen LogP contribution < -0.4 is 5.32 Å². The van der Waals surface area contributed by atoms with E-state index >= 15 is 0 Å².